The average Bonchev–Trinajstić information content (AvgIpc) is 3.29. The van der Waals surface area contributed by atoms with E-state index in [-0.39, 0.29) is 41.9 Å². The molecule has 0 saturated carbocycles. The lowest BCUT2D eigenvalue weighted by Crippen LogP contribution is -2.59. The van der Waals surface area contributed by atoms with Crippen LogP contribution in [0.2, 0.25) is 0 Å². The molecule has 5 nitrogen and oxygen atoms in total. The molecule has 37 heavy (non-hydrogen) atoms. The second-order valence-electron chi connectivity index (χ2n) is 11.0. The maximum absolute atomic E-state index is 15.0. The Bertz CT molecular complexity index is 1100. The largest absolute Gasteiger partial charge is 0.378 e. The number of nitrogens with zero attached hydrogens (tertiary/aromatic N) is 3. The highest BCUT2D eigenvalue weighted by Gasteiger charge is 2.45. The van der Waals surface area contributed by atoms with Crippen molar-refractivity contribution in [3.63, 3.8) is 0 Å². The number of carbonyl (C=O) groups is 1. The van der Waals surface area contributed by atoms with Crippen LogP contribution < -0.4 is 4.90 Å². The number of hydrogen-bond donors (Lipinski definition) is 0. The number of anilines is 1. The van der Waals surface area contributed by atoms with E-state index < -0.39 is 17.6 Å². The van der Waals surface area contributed by atoms with Crippen molar-refractivity contribution in [2.24, 2.45) is 5.92 Å². The summed E-state index contributed by atoms with van der Waals surface area (Å²) >= 11 is 0. The lowest BCUT2D eigenvalue weighted by molar-refractivity contribution is -0.137. The monoisotopic (exact) mass is 515 g/mol. The molecule has 3 heterocycles. The van der Waals surface area contributed by atoms with Crippen LogP contribution in [-0.4, -0.2) is 72.7 Å². The second kappa shape index (κ2) is 10.7. The second-order valence-corrected chi connectivity index (χ2v) is 11.0. The third-order valence-corrected chi connectivity index (χ3v) is 8.36. The normalized spacial score (nSPS) is 31.1. The molecule has 3 saturated heterocycles. The molecule has 6 atom stereocenters. The van der Waals surface area contributed by atoms with Crippen LogP contribution in [0.1, 0.15) is 45.1 Å². The molecule has 0 N–H and O–H groups in total. The van der Waals surface area contributed by atoms with Crippen molar-refractivity contribution >= 4 is 11.6 Å². The van der Waals surface area contributed by atoms with E-state index in [1.54, 1.807) is 12.1 Å². The predicted octanol–water partition coefficient (Wildman–Crippen LogP) is 4.81. The molecule has 3 aliphatic heterocycles. The zero-order valence-electron chi connectivity index (χ0n) is 21.7. The highest BCUT2D eigenvalue weighted by molar-refractivity contribution is 5.81. The van der Waals surface area contributed by atoms with Gasteiger partial charge < -0.3 is 14.5 Å². The third kappa shape index (κ3) is 5.36. The molecule has 0 bridgehead atoms. The zero-order chi connectivity index (χ0) is 26.3. The van der Waals surface area contributed by atoms with E-state index in [1.165, 1.54) is 24.3 Å². The van der Waals surface area contributed by atoms with Gasteiger partial charge in [0, 0.05) is 68.6 Å². The van der Waals surface area contributed by atoms with Gasteiger partial charge in [0.1, 0.15) is 17.5 Å². The third-order valence-electron chi connectivity index (χ3n) is 8.36. The van der Waals surface area contributed by atoms with E-state index in [1.807, 2.05) is 4.90 Å². The predicted molar refractivity (Wildman–Crippen MR) is 137 cm³/mol. The maximum atomic E-state index is 15.0. The minimum Gasteiger partial charge on any atom is -0.378 e. The van der Waals surface area contributed by atoms with Crippen LogP contribution in [0.5, 0.6) is 0 Å². The average molecular weight is 516 g/mol. The number of rotatable bonds is 4. The number of ether oxygens (including phenoxy) is 1. The summed E-state index contributed by atoms with van der Waals surface area (Å²) in [5.41, 5.74) is 1.34. The Labute approximate surface area is 217 Å². The highest BCUT2D eigenvalue weighted by Crippen LogP contribution is 2.39. The summed E-state index contributed by atoms with van der Waals surface area (Å²) in [4.78, 5) is 20.5. The molecular formula is C29H36F3N3O2. The zero-order valence-corrected chi connectivity index (χ0v) is 21.7. The van der Waals surface area contributed by atoms with Crippen LogP contribution in [0.3, 0.4) is 0 Å². The van der Waals surface area contributed by atoms with Gasteiger partial charge in [-0.2, -0.15) is 0 Å². The first-order chi connectivity index (χ1) is 17.7. The quantitative estimate of drug-likeness (QED) is 0.586. The van der Waals surface area contributed by atoms with E-state index in [4.69, 9.17) is 4.74 Å². The SMILES string of the molecule is C[C@@H]1C[C@H](N2C[C@H](C(=O)N3C[C@@H](C)N(c4ccc(F)cc4)[C@@H](C)C3)[C@@H](c3ccc(F)cc3F)C2)CCO1. The van der Waals surface area contributed by atoms with Gasteiger partial charge >= 0.3 is 0 Å². The first-order valence-corrected chi connectivity index (χ1v) is 13.3. The van der Waals surface area contributed by atoms with Crippen LogP contribution >= 0.6 is 0 Å². The van der Waals surface area contributed by atoms with Gasteiger partial charge in [-0.1, -0.05) is 6.07 Å². The molecular weight excluding hydrogens is 479 g/mol. The summed E-state index contributed by atoms with van der Waals surface area (Å²) in [5.74, 6) is -2.21. The van der Waals surface area contributed by atoms with Gasteiger partial charge in [0.25, 0.3) is 0 Å². The lowest BCUT2D eigenvalue weighted by atomic mass is 9.87. The Hall–Kier alpha value is -2.58. The first-order valence-electron chi connectivity index (χ1n) is 13.3. The Morgan fingerprint density at radius 3 is 2.22 bits per heavy atom. The number of likely N-dealkylation sites (tertiary alicyclic amines) is 1. The molecule has 2 aromatic carbocycles. The summed E-state index contributed by atoms with van der Waals surface area (Å²) in [6.45, 7) is 9.06. The molecule has 0 spiro atoms. The van der Waals surface area contributed by atoms with Crippen molar-refractivity contribution in [2.75, 3.05) is 37.7 Å². The minimum absolute atomic E-state index is 0.0220. The first kappa shape index (κ1) is 26.0. The fourth-order valence-corrected chi connectivity index (χ4v) is 6.67. The Balaban J connectivity index is 1.37. The van der Waals surface area contributed by atoms with Crippen molar-refractivity contribution in [3.8, 4) is 0 Å². The fraction of sp³-hybridized carbons (Fsp3) is 0.552. The molecule has 0 radical (unpaired) electrons. The number of hydrogen-bond acceptors (Lipinski definition) is 4. The van der Waals surface area contributed by atoms with Crippen molar-refractivity contribution in [3.05, 3.63) is 65.5 Å². The fourth-order valence-electron chi connectivity index (χ4n) is 6.67. The number of amides is 1. The van der Waals surface area contributed by atoms with E-state index in [9.17, 15) is 18.0 Å². The van der Waals surface area contributed by atoms with Gasteiger partial charge in [-0.3, -0.25) is 9.69 Å². The minimum atomic E-state index is -0.614. The van der Waals surface area contributed by atoms with E-state index >= 15 is 0 Å². The number of halogens is 3. The maximum Gasteiger partial charge on any atom is 0.227 e. The van der Waals surface area contributed by atoms with Crippen LogP contribution in [-0.2, 0) is 9.53 Å². The molecule has 3 aliphatic rings. The van der Waals surface area contributed by atoms with Gasteiger partial charge in [0.2, 0.25) is 5.91 Å². The Morgan fingerprint density at radius 1 is 0.892 bits per heavy atom. The summed E-state index contributed by atoms with van der Waals surface area (Å²) in [6.07, 6.45) is 1.91. The molecule has 1 amide bonds. The van der Waals surface area contributed by atoms with Crippen molar-refractivity contribution < 1.29 is 22.7 Å². The van der Waals surface area contributed by atoms with Crippen LogP contribution in [0.25, 0.3) is 0 Å². The van der Waals surface area contributed by atoms with E-state index in [0.29, 0.717) is 38.3 Å². The van der Waals surface area contributed by atoms with Crippen LogP contribution in [0.15, 0.2) is 42.5 Å². The highest BCUT2D eigenvalue weighted by atomic mass is 19.1. The number of piperazine rings is 1. The van der Waals surface area contributed by atoms with E-state index in [0.717, 1.165) is 24.6 Å². The van der Waals surface area contributed by atoms with Crippen molar-refractivity contribution in [1.29, 1.82) is 0 Å². The Morgan fingerprint density at radius 2 is 1.57 bits per heavy atom. The van der Waals surface area contributed by atoms with Crippen LogP contribution in [0.4, 0.5) is 18.9 Å². The molecule has 0 unspecified atom stereocenters. The lowest BCUT2D eigenvalue weighted by Gasteiger charge is -2.46. The van der Waals surface area contributed by atoms with Crippen molar-refractivity contribution in [2.45, 2.75) is 63.8 Å². The van der Waals surface area contributed by atoms with Gasteiger partial charge in [-0.25, -0.2) is 13.2 Å². The molecule has 0 aliphatic carbocycles. The van der Waals surface area contributed by atoms with Gasteiger partial charge in [-0.05, 0) is 69.5 Å². The smallest absolute Gasteiger partial charge is 0.227 e. The molecule has 2 aromatic rings. The summed E-state index contributed by atoms with van der Waals surface area (Å²) in [6, 6.07) is 10.5. The van der Waals surface area contributed by atoms with Crippen molar-refractivity contribution in [1.82, 2.24) is 9.80 Å². The van der Waals surface area contributed by atoms with Gasteiger partial charge in [0.15, 0.2) is 0 Å². The Kier molecular flexibility index (Phi) is 7.50. The molecule has 0 aromatic heterocycles. The van der Waals surface area contributed by atoms with Gasteiger partial charge in [0.05, 0.1) is 12.0 Å². The summed E-state index contributed by atoms with van der Waals surface area (Å²) in [5, 5.41) is 0. The molecule has 8 heteroatoms. The standard InChI is InChI=1S/C29H36F3N3O2/c1-18-14-34(15-19(2)35(18)23-7-4-21(30)5-8-23)29(36)27-17-33(24-10-11-37-20(3)12-24)16-26(27)25-9-6-22(31)13-28(25)32/h4-9,13,18-20,24,26-27H,10-12,14-17H2,1-3H3/t18-,19+,20-,24-,26-,27+/m1/s1. The molecule has 200 valence electrons. The number of benzene rings is 2. The number of carbonyl (C=O) groups excluding carboxylic acids is 1. The van der Waals surface area contributed by atoms with Gasteiger partial charge in [-0.15, -0.1) is 0 Å². The summed E-state index contributed by atoms with van der Waals surface area (Å²) in [7, 11) is 0. The molecule has 5 rings (SSSR count). The van der Waals surface area contributed by atoms with E-state index in [2.05, 4.69) is 30.6 Å². The molecule has 3 fully saturated rings. The topological polar surface area (TPSA) is 36.0 Å². The summed E-state index contributed by atoms with van der Waals surface area (Å²) < 4.78 is 47.9. The van der Waals surface area contributed by atoms with Crippen LogP contribution in [0, 0.1) is 23.4 Å².